The number of allylic oxidation sites excluding steroid dienone is 1. The van der Waals surface area contributed by atoms with Gasteiger partial charge in [-0.1, -0.05) is 40.2 Å². The second-order valence-electron chi connectivity index (χ2n) is 2.95. The van der Waals surface area contributed by atoms with E-state index in [1.54, 1.807) is 11.0 Å². The highest BCUT2D eigenvalue weighted by Crippen LogP contribution is 2.05. The fourth-order valence-electron chi connectivity index (χ4n) is 1.20. The molecule has 0 amide bonds. The molecular weight excluding hydrogens is 254 g/mol. The molecule has 0 spiro atoms. The molecule has 0 radical (unpaired) electrons. The van der Waals surface area contributed by atoms with E-state index in [-0.39, 0.29) is 0 Å². The number of hydrogen-bond acceptors (Lipinski definition) is 2. The number of nitrogens with zero attached hydrogens (tertiary/aromatic N) is 3. The Morgan fingerprint density at radius 2 is 2.07 bits per heavy atom. The summed E-state index contributed by atoms with van der Waals surface area (Å²) in [4.78, 5) is 1.62. The molecule has 15 heavy (non-hydrogen) atoms. The topological polar surface area (TPSA) is 30.7 Å². The zero-order chi connectivity index (χ0) is 10.5. The fraction of sp³-hybridized carbons (Fsp3) is 0.0909. The first kappa shape index (κ1) is 10.1. The van der Waals surface area contributed by atoms with Crippen LogP contribution in [0.1, 0.15) is 5.69 Å². The van der Waals surface area contributed by atoms with Crippen molar-refractivity contribution in [2.45, 2.75) is 0 Å². The molecule has 0 aliphatic rings. The normalized spacial score (nSPS) is 11.0. The predicted octanol–water partition coefficient (Wildman–Crippen LogP) is 2.68. The molecule has 76 valence electrons. The Bertz CT molecular complexity index is 448. The van der Waals surface area contributed by atoms with Crippen LogP contribution >= 0.6 is 15.9 Å². The van der Waals surface area contributed by atoms with Crippen LogP contribution in [0.5, 0.6) is 0 Å². The lowest BCUT2D eigenvalue weighted by Gasteiger charge is -1.96. The summed E-state index contributed by atoms with van der Waals surface area (Å²) < 4.78 is 0. The summed E-state index contributed by atoms with van der Waals surface area (Å²) in [6, 6.07) is 9.84. The van der Waals surface area contributed by atoms with Gasteiger partial charge >= 0.3 is 0 Å². The lowest BCUT2D eigenvalue weighted by Crippen LogP contribution is -1.97. The van der Waals surface area contributed by atoms with E-state index in [1.165, 1.54) is 0 Å². The van der Waals surface area contributed by atoms with Crippen LogP contribution in [0, 0.1) is 0 Å². The van der Waals surface area contributed by atoms with E-state index in [0.717, 1.165) is 16.7 Å². The molecular formula is C11H10BrN3. The average molecular weight is 264 g/mol. The first-order valence-corrected chi connectivity index (χ1v) is 5.72. The van der Waals surface area contributed by atoms with Gasteiger partial charge in [0, 0.05) is 5.33 Å². The molecule has 2 rings (SSSR count). The van der Waals surface area contributed by atoms with Crippen LogP contribution in [0.15, 0.2) is 42.6 Å². The molecule has 0 unspecified atom stereocenters. The highest BCUT2D eigenvalue weighted by atomic mass is 79.9. The molecule has 3 nitrogen and oxygen atoms in total. The van der Waals surface area contributed by atoms with Gasteiger partial charge in [-0.05, 0) is 18.2 Å². The molecule has 0 aliphatic carbocycles. The summed E-state index contributed by atoms with van der Waals surface area (Å²) in [5.74, 6) is 0. The lowest BCUT2D eigenvalue weighted by atomic mass is 10.3. The number of para-hydroxylation sites is 1. The highest BCUT2D eigenvalue weighted by molar-refractivity contribution is 9.09. The second kappa shape index (κ2) is 4.89. The molecule has 0 saturated carbocycles. The van der Waals surface area contributed by atoms with Crippen LogP contribution in [-0.2, 0) is 0 Å². The first-order valence-electron chi connectivity index (χ1n) is 4.60. The van der Waals surface area contributed by atoms with E-state index < -0.39 is 0 Å². The standard InChI is InChI=1S/C11H10BrN3/c12-8-4-5-10-9-13-15(14-10)11-6-2-1-3-7-11/h1-7,9H,8H2/b5-4+. The Balaban J connectivity index is 2.24. The zero-order valence-corrected chi connectivity index (χ0v) is 9.63. The summed E-state index contributed by atoms with van der Waals surface area (Å²) in [7, 11) is 0. The maximum atomic E-state index is 4.32. The molecule has 0 atom stereocenters. The van der Waals surface area contributed by atoms with Gasteiger partial charge in [0.25, 0.3) is 0 Å². The second-order valence-corrected chi connectivity index (χ2v) is 3.60. The van der Waals surface area contributed by atoms with Crippen molar-refractivity contribution in [3.8, 4) is 5.69 Å². The van der Waals surface area contributed by atoms with Gasteiger partial charge in [-0.2, -0.15) is 9.90 Å². The van der Waals surface area contributed by atoms with Crippen LogP contribution in [0.3, 0.4) is 0 Å². The van der Waals surface area contributed by atoms with Crippen LogP contribution in [0.2, 0.25) is 0 Å². The summed E-state index contributed by atoms with van der Waals surface area (Å²) >= 11 is 3.32. The van der Waals surface area contributed by atoms with Crippen molar-refractivity contribution in [2.75, 3.05) is 5.33 Å². The fourth-order valence-corrected chi connectivity index (χ4v) is 1.39. The van der Waals surface area contributed by atoms with Gasteiger partial charge in [-0.3, -0.25) is 0 Å². The lowest BCUT2D eigenvalue weighted by molar-refractivity contribution is 0.750. The number of halogens is 1. The van der Waals surface area contributed by atoms with E-state index in [9.17, 15) is 0 Å². The Labute approximate surface area is 96.6 Å². The van der Waals surface area contributed by atoms with Crippen LogP contribution in [-0.4, -0.2) is 20.3 Å². The third-order valence-corrected chi connectivity index (χ3v) is 2.25. The summed E-state index contributed by atoms with van der Waals surface area (Å²) in [5.41, 5.74) is 1.83. The molecule has 4 heteroatoms. The quantitative estimate of drug-likeness (QED) is 0.798. The SMILES string of the molecule is BrC/C=C/c1cnn(-c2ccccc2)n1. The van der Waals surface area contributed by atoms with E-state index >= 15 is 0 Å². The van der Waals surface area contributed by atoms with Crippen molar-refractivity contribution in [1.82, 2.24) is 15.0 Å². The Morgan fingerprint density at radius 3 is 2.80 bits per heavy atom. The number of rotatable bonds is 3. The maximum Gasteiger partial charge on any atom is 0.105 e. The Morgan fingerprint density at radius 1 is 1.27 bits per heavy atom. The van der Waals surface area contributed by atoms with Gasteiger partial charge in [0.2, 0.25) is 0 Å². The molecule has 1 heterocycles. The van der Waals surface area contributed by atoms with E-state index in [2.05, 4.69) is 26.1 Å². The summed E-state index contributed by atoms with van der Waals surface area (Å²) in [5, 5.41) is 9.32. The summed E-state index contributed by atoms with van der Waals surface area (Å²) in [6.45, 7) is 0. The number of aromatic nitrogens is 3. The van der Waals surface area contributed by atoms with Gasteiger partial charge in [-0.25, -0.2) is 0 Å². The smallest absolute Gasteiger partial charge is 0.105 e. The van der Waals surface area contributed by atoms with Gasteiger partial charge in [0.15, 0.2) is 0 Å². The monoisotopic (exact) mass is 263 g/mol. The molecule has 2 aromatic rings. The minimum Gasteiger partial charge on any atom is -0.156 e. The molecule has 1 aromatic carbocycles. The van der Waals surface area contributed by atoms with E-state index in [4.69, 9.17) is 0 Å². The molecule has 0 fully saturated rings. The van der Waals surface area contributed by atoms with Crippen molar-refractivity contribution in [3.05, 3.63) is 48.3 Å². The van der Waals surface area contributed by atoms with Crippen molar-refractivity contribution in [2.24, 2.45) is 0 Å². The van der Waals surface area contributed by atoms with Gasteiger partial charge in [-0.15, -0.1) is 5.10 Å². The maximum absolute atomic E-state index is 4.32. The van der Waals surface area contributed by atoms with Gasteiger partial charge < -0.3 is 0 Å². The molecule has 0 N–H and O–H groups in total. The zero-order valence-electron chi connectivity index (χ0n) is 8.05. The minimum absolute atomic E-state index is 0.825. The van der Waals surface area contributed by atoms with E-state index in [0.29, 0.717) is 0 Å². The average Bonchev–Trinajstić information content (AvgIpc) is 2.76. The molecule has 0 bridgehead atoms. The number of benzene rings is 1. The van der Waals surface area contributed by atoms with E-state index in [1.807, 2.05) is 42.5 Å². The molecule has 0 aliphatic heterocycles. The van der Waals surface area contributed by atoms with Crippen molar-refractivity contribution >= 4 is 22.0 Å². The van der Waals surface area contributed by atoms with Crippen molar-refractivity contribution in [1.29, 1.82) is 0 Å². The van der Waals surface area contributed by atoms with Crippen LogP contribution in [0.4, 0.5) is 0 Å². The van der Waals surface area contributed by atoms with Crippen LogP contribution < -0.4 is 0 Å². The molecule has 0 saturated heterocycles. The van der Waals surface area contributed by atoms with Crippen molar-refractivity contribution in [3.63, 3.8) is 0 Å². The molecule has 1 aromatic heterocycles. The number of alkyl halides is 1. The van der Waals surface area contributed by atoms with Crippen LogP contribution in [0.25, 0.3) is 11.8 Å². The largest absolute Gasteiger partial charge is 0.156 e. The minimum atomic E-state index is 0.825. The van der Waals surface area contributed by atoms with Gasteiger partial charge in [0.1, 0.15) is 5.69 Å². The Hall–Kier alpha value is -1.42. The first-order chi connectivity index (χ1) is 7.40. The summed E-state index contributed by atoms with van der Waals surface area (Å²) in [6.07, 6.45) is 5.66. The van der Waals surface area contributed by atoms with Crippen molar-refractivity contribution < 1.29 is 0 Å². The third kappa shape index (κ3) is 2.53. The third-order valence-electron chi connectivity index (χ3n) is 1.87. The van der Waals surface area contributed by atoms with Gasteiger partial charge in [0.05, 0.1) is 11.9 Å². The number of hydrogen-bond donors (Lipinski definition) is 0. The Kier molecular flexibility index (Phi) is 3.29. The predicted molar refractivity (Wildman–Crippen MR) is 64.2 cm³/mol. The highest BCUT2D eigenvalue weighted by Gasteiger charge is 1.98.